The molecule has 0 heterocycles. The first-order valence-electron chi connectivity index (χ1n) is 5.90. The summed E-state index contributed by atoms with van der Waals surface area (Å²) in [5.41, 5.74) is 6.82. The van der Waals surface area contributed by atoms with Gasteiger partial charge in [0.15, 0.2) is 5.78 Å². The highest BCUT2D eigenvalue weighted by atomic mass is 35.5. The van der Waals surface area contributed by atoms with Crippen molar-refractivity contribution in [3.63, 3.8) is 0 Å². The number of para-hydroxylation sites is 1. The standard InChI is InChI=1S/C15H12ClFN2O/c16-9-14(18)19-13-4-2-1-3-12(13)15(20)10-5-7-11(17)8-6-10/h1-8H,9H2,(H2,18,19). The van der Waals surface area contributed by atoms with Crippen LogP contribution in [0.1, 0.15) is 15.9 Å². The molecule has 0 radical (unpaired) electrons. The summed E-state index contributed by atoms with van der Waals surface area (Å²) in [4.78, 5) is 16.5. The molecule has 0 spiro atoms. The minimum absolute atomic E-state index is 0.0824. The first-order valence-corrected chi connectivity index (χ1v) is 6.43. The highest BCUT2D eigenvalue weighted by Crippen LogP contribution is 2.22. The Morgan fingerprint density at radius 3 is 2.45 bits per heavy atom. The summed E-state index contributed by atoms with van der Waals surface area (Å²) in [6.07, 6.45) is 0. The van der Waals surface area contributed by atoms with Gasteiger partial charge in [-0.15, -0.1) is 11.6 Å². The van der Waals surface area contributed by atoms with Crippen molar-refractivity contribution in [2.75, 3.05) is 5.88 Å². The number of carbonyl (C=O) groups excluding carboxylic acids is 1. The fraction of sp³-hybridized carbons (Fsp3) is 0.0667. The van der Waals surface area contributed by atoms with Gasteiger partial charge in [0.05, 0.1) is 11.6 Å². The number of ketones is 1. The topological polar surface area (TPSA) is 55.4 Å². The number of rotatable bonds is 4. The molecule has 2 aromatic rings. The Morgan fingerprint density at radius 1 is 1.15 bits per heavy atom. The van der Waals surface area contributed by atoms with Crippen molar-refractivity contribution in [1.82, 2.24) is 0 Å². The molecule has 0 saturated carbocycles. The van der Waals surface area contributed by atoms with Gasteiger partial charge in [-0.1, -0.05) is 12.1 Å². The molecule has 20 heavy (non-hydrogen) atoms. The fourth-order valence-electron chi connectivity index (χ4n) is 1.70. The lowest BCUT2D eigenvalue weighted by Crippen LogP contribution is -2.13. The van der Waals surface area contributed by atoms with Crippen LogP contribution in [0.2, 0.25) is 0 Å². The Labute approximate surface area is 120 Å². The van der Waals surface area contributed by atoms with Gasteiger partial charge in [0.2, 0.25) is 0 Å². The summed E-state index contributed by atoms with van der Waals surface area (Å²) in [6, 6.07) is 12.2. The van der Waals surface area contributed by atoms with Crippen molar-refractivity contribution in [2.45, 2.75) is 0 Å². The number of benzene rings is 2. The molecule has 0 aliphatic carbocycles. The summed E-state index contributed by atoms with van der Waals surface area (Å²) in [6.45, 7) is 0. The lowest BCUT2D eigenvalue weighted by atomic mass is 10.0. The normalized spacial score (nSPS) is 11.4. The van der Waals surface area contributed by atoms with E-state index in [0.717, 1.165) is 0 Å². The average Bonchev–Trinajstić information content (AvgIpc) is 2.48. The first kappa shape index (κ1) is 14.2. The van der Waals surface area contributed by atoms with E-state index in [0.29, 0.717) is 16.8 Å². The van der Waals surface area contributed by atoms with Gasteiger partial charge < -0.3 is 5.73 Å². The van der Waals surface area contributed by atoms with E-state index in [4.69, 9.17) is 17.3 Å². The van der Waals surface area contributed by atoms with Crippen LogP contribution in [0.25, 0.3) is 0 Å². The maximum absolute atomic E-state index is 12.9. The zero-order valence-corrected chi connectivity index (χ0v) is 11.3. The molecule has 3 nitrogen and oxygen atoms in total. The fourth-order valence-corrected chi connectivity index (χ4v) is 1.76. The zero-order chi connectivity index (χ0) is 14.5. The van der Waals surface area contributed by atoms with Gasteiger partial charge in [0.1, 0.15) is 11.7 Å². The highest BCUT2D eigenvalue weighted by Gasteiger charge is 2.13. The van der Waals surface area contributed by atoms with E-state index in [1.54, 1.807) is 24.3 Å². The monoisotopic (exact) mass is 290 g/mol. The molecule has 0 saturated heterocycles. The number of halogens is 2. The van der Waals surface area contributed by atoms with E-state index in [1.165, 1.54) is 24.3 Å². The van der Waals surface area contributed by atoms with Crippen molar-refractivity contribution in [3.05, 3.63) is 65.5 Å². The third-order valence-corrected chi connectivity index (χ3v) is 2.93. The molecule has 0 bridgehead atoms. The van der Waals surface area contributed by atoms with Crippen LogP contribution >= 0.6 is 11.6 Å². The Bertz CT molecular complexity index is 653. The summed E-state index contributed by atoms with van der Waals surface area (Å²) >= 11 is 5.59. The van der Waals surface area contributed by atoms with Gasteiger partial charge in [0.25, 0.3) is 0 Å². The zero-order valence-electron chi connectivity index (χ0n) is 10.5. The van der Waals surface area contributed by atoms with Gasteiger partial charge in [0, 0.05) is 11.1 Å². The summed E-state index contributed by atoms with van der Waals surface area (Å²) < 4.78 is 12.9. The number of nitrogens with two attached hydrogens (primary N) is 1. The smallest absolute Gasteiger partial charge is 0.195 e. The molecule has 0 atom stereocenters. The summed E-state index contributed by atoms with van der Waals surface area (Å²) in [5.74, 6) is -0.323. The number of aliphatic imine (C=N–C) groups is 1. The Balaban J connectivity index is 2.42. The molecule has 0 aliphatic heterocycles. The predicted octanol–water partition coefficient (Wildman–Crippen LogP) is 3.28. The van der Waals surface area contributed by atoms with Crippen molar-refractivity contribution < 1.29 is 9.18 Å². The number of hydrogen-bond donors (Lipinski definition) is 1. The van der Waals surface area contributed by atoms with E-state index in [9.17, 15) is 9.18 Å². The van der Waals surface area contributed by atoms with E-state index in [1.807, 2.05) is 0 Å². The second-order valence-corrected chi connectivity index (χ2v) is 4.36. The SMILES string of the molecule is NC(CCl)=Nc1ccccc1C(=O)c1ccc(F)cc1. The molecule has 0 amide bonds. The molecule has 0 aliphatic rings. The van der Waals surface area contributed by atoms with E-state index in [-0.39, 0.29) is 23.3 Å². The van der Waals surface area contributed by atoms with Crippen LogP contribution in [-0.4, -0.2) is 17.5 Å². The van der Waals surface area contributed by atoms with E-state index in [2.05, 4.69) is 4.99 Å². The lowest BCUT2D eigenvalue weighted by Gasteiger charge is -2.05. The van der Waals surface area contributed by atoms with Crippen LogP contribution in [0.15, 0.2) is 53.5 Å². The Hall–Kier alpha value is -2.20. The molecule has 0 unspecified atom stereocenters. The van der Waals surface area contributed by atoms with Gasteiger partial charge in [-0.05, 0) is 36.4 Å². The highest BCUT2D eigenvalue weighted by molar-refractivity contribution is 6.28. The molecule has 2 aromatic carbocycles. The van der Waals surface area contributed by atoms with Gasteiger partial charge >= 0.3 is 0 Å². The van der Waals surface area contributed by atoms with Gasteiger partial charge in [-0.2, -0.15) is 0 Å². The number of alkyl halides is 1. The van der Waals surface area contributed by atoms with Crippen LogP contribution in [-0.2, 0) is 0 Å². The van der Waals surface area contributed by atoms with Crippen molar-refractivity contribution >= 4 is 28.9 Å². The van der Waals surface area contributed by atoms with E-state index >= 15 is 0 Å². The lowest BCUT2D eigenvalue weighted by molar-refractivity contribution is 0.103. The molecule has 2 rings (SSSR count). The number of carbonyl (C=O) groups is 1. The van der Waals surface area contributed by atoms with Crippen LogP contribution < -0.4 is 5.73 Å². The Morgan fingerprint density at radius 2 is 1.80 bits per heavy atom. The maximum atomic E-state index is 12.9. The summed E-state index contributed by atoms with van der Waals surface area (Å²) in [7, 11) is 0. The second-order valence-electron chi connectivity index (χ2n) is 4.09. The second kappa shape index (κ2) is 6.30. The van der Waals surface area contributed by atoms with Crippen LogP contribution in [0.3, 0.4) is 0 Å². The van der Waals surface area contributed by atoms with Crippen LogP contribution in [0, 0.1) is 5.82 Å². The third-order valence-electron chi connectivity index (χ3n) is 2.66. The van der Waals surface area contributed by atoms with Crippen molar-refractivity contribution in [3.8, 4) is 0 Å². The average molecular weight is 291 g/mol. The van der Waals surface area contributed by atoms with Crippen molar-refractivity contribution in [1.29, 1.82) is 0 Å². The van der Waals surface area contributed by atoms with Gasteiger partial charge in [-0.3, -0.25) is 4.79 Å². The molecular formula is C15H12ClFN2O. The van der Waals surface area contributed by atoms with Crippen LogP contribution in [0.4, 0.5) is 10.1 Å². The quantitative estimate of drug-likeness (QED) is 0.406. The largest absolute Gasteiger partial charge is 0.386 e. The molecule has 0 aromatic heterocycles. The first-order chi connectivity index (χ1) is 9.61. The van der Waals surface area contributed by atoms with Gasteiger partial charge in [-0.25, -0.2) is 9.38 Å². The molecular weight excluding hydrogens is 279 g/mol. The summed E-state index contributed by atoms with van der Waals surface area (Å²) in [5, 5.41) is 0. The van der Waals surface area contributed by atoms with E-state index < -0.39 is 0 Å². The number of amidine groups is 1. The van der Waals surface area contributed by atoms with Crippen molar-refractivity contribution in [2.24, 2.45) is 10.7 Å². The minimum atomic E-state index is -0.390. The molecule has 102 valence electrons. The molecule has 2 N–H and O–H groups in total. The Kier molecular flexibility index (Phi) is 4.48. The van der Waals surface area contributed by atoms with Crippen LogP contribution in [0.5, 0.6) is 0 Å². The maximum Gasteiger partial charge on any atom is 0.195 e. The molecule has 5 heteroatoms. The number of nitrogens with zero attached hydrogens (tertiary/aromatic N) is 1. The minimum Gasteiger partial charge on any atom is -0.386 e. The number of hydrogen-bond acceptors (Lipinski definition) is 2. The molecule has 0 fully saturated rings. The predicted molar refractivity (Wildman–Crippen MR) is 78.3 cm³/mol. The third kappa shape index (κ3) is 3.22.